The quantitative estimate of drug-likeness (QED) is 0.195. The van der Waals surface area contributed by atoms with Crippen molar-refractivity contribution in [2.24, 2.45) is 28.6 Å². The number of phenols is 2. The molecule has 5 atom stereocenters. The summed E-state index contributed by atoms with van der Waals surface area (Å²) >= 11 is 0. The third kappa shape index (κ3) is 5.94. The normalized spacial score (nSPS) is 28.8. The molecule has 0 amide bonds. The summed E-state index contributed by atoms with van der Waals surface area (Å²) in [5, 5.41) is 38.4. The fourth-order valence-electron chi connectivity index (χ4n) is 6.51. The molecule has 198 valence electrons. The molecule has 1 fully saturated rings. The summed E-state index contributed by atoms with van der Waals surface area (Å²) in [6.07, 6.45) is 10.5. The summed E-state index contributed by atoms with van der Waals surface area (Å²) in [4.78, 5) is 24.3. The minimum absolute atomic E-state index is 0.000325. The molecule has 0 spiro atoms. The van der Waals surface area contributed by atoms with Gasteiger partial charge in [0, 0.05) is 23.7 Å². The number of benzene rings is 1. The number of carboxylic acids is 1. The molecule has 2 aliphatic carbocycles. The number of fused-ring (bicyclic) bond motifs is 1. The zero-order valence-electron chi connectivity index (χ0n) is 21.6. The van der Waals surface area contributed by atoms with Gasteiger partial charge in [0.05, 0.1) is 6.61 Å². The van der Waals surface area contributed by atoms with Crippen LogP contribution in [0.25, 0.3) is 6.08 Å². The Hall–Kier alpha value is -2.80. The molecule has 36 heavy (non-hydrogen) atoms. The highest BCUT2D eigenvalue weighted by atomic mass is 16.5. The summed E-state index contributed by atoms with van der Waals surface area (Å²) in [6.45, 7) is 6.88. The largest absolute Gasteiger partial charge is 0.504 e. The molecule has 0 aliphatic heterocycles. The SMILES string of the molecule is C[C@@H]1CC[C@]2(C)C(C(=O)O)=CCC[C@@H]2[C@@]1(C)CC[C@@H](CCO)COC(=O)C=Cc1ccc(O)c(O)c1. The van der Waals surface area contributed by atoms with Crippen LogP contribution < -0.4 is 0 Å². The molecule has 1 saturated carbocycles. The number of carbonyl (C=O) groups is 2. The number of carbonyl (C=O) groups excluding carboxylic acids is 1. The zero-order valence-corrected chi connectivity index (χ0v) is 21.6. The van der Waals surface area contributed by atoms with Gasteiger partial charge in [0.2, 0.25) is 0 Å². The van der Waals surface area contributed by atoms with Crippen molar-refractivity contribution in [3.8, 4) is 11.5 Å². The monoisotopic (exact) mass is 500 g/mol. The summed E-state index contributed by atoms with van der Waals surface area (Å²) in [5.41, 5.74) is 0.739. The Balaban J connectivity index is 1.63. The molecular formula is C29H40O7. The number of aromatic hydroxyl groups is 2. The maximum atomic E-state index is 12.3. The Morgan fingerprint density at radius 3 is 2.58 bits per heavy atom. The molecule has 0 saturated heterocycles. The number of esters is 1. The Labute approximate surface area is 213 Å². The summed E-state index contributed by atoms with van der Waals surface area (Å²) in [7, 11) is 0. The maximum absolute atomic E-state index is 12.3. The van der Waals surface area contributed by atoms with E-state index in [1.807, 2.05) is 6.08 Å². The fourth-order valence-corrected chi connectivity index (χ4v) is 6.51. The van der Waals surface area contributed by atoms with Crippen LogP contribution in [0, 0.1) is 28.6 Å². The molecule has 0 unspecified atom stereocenters. The van der Waals surface area contributed by atoms with Crippen LogP contribution in [0.2, 0.25) is 0 Å². The molecule has 0 heterocycles. The van der Waals surface area contributed by atoms with Crippen LogP contribution >= 0.6 is 0 Å². The smallest absolute Gasteiger partial charge is 0.331 e. The lowest BCUT2D eigenvalue weighted by molar-refractivity contribution is -0.139. The van der Waals surface area contributed by atoms with Crippen molar-refractivity contribution in [3.63, 3.8) is 0 Å². The number of aliphatic hydroxyl groups is 1. The summed E-state index contributed by atoms with van der Waals surface area (Å²) < 4.78 is 5.47. The molecule has 7 heteroatoms. The van der Waals surface area contributed by atoms with Gasteiger partial charge in [-0.2, -0.15) is 0 Å². The number of aliphatic hydroxyl groups excluding tert-OH is 1. The lowest BCUT2D eigenvalue weighted by Gasteiger charge is -2.57. The zero-order chi connectivity index (χ0) is 26.5. The highest BCUT2D eigenvalue weighted by molar-refractivity contribution is 5.88. The van der Waals surface area contributed by atoms with Gasteiger partial charge in [0.25, 0.3) is 0 Å². The predicted octanol–water partition coefficient (Wildman–Crippen LogP) is 5.30. The van der Waals surface area contributed by atoms with Crippen LogP contribution in [0.5, 0.6) is 11.5 Å². The van der Waals surface area contributed by atoms with Gasteiger partial charge in [0.15, 0.2) is 11.5 Å². The van der Waals surface area contributed by atoms with Crippen LogP contribution in [0.15, 0.2) is 35.9 Å². The molecule has 1 aromatic carbocycles. The highest BCUT2D eigenvalue weighted by Gasteiger charge is 2.55. The van der Waals surface area contributed by atoms with Crippen LogP contribution in [0.1, 0.15) is 71.3 Å². The van der Waals surface area contributed by atoms with Crippen molar-refractivity contribution in [2.45, 2.75) is 65.7 Å². The van der Waals surface area contributed by atoms with E-state index in [-0.39, 0.29) is 47.4 Å². The second kappa shape index (κ2) is 11.5. The standard InChI is InChI=1S/C29H40O7/c1-19-11-14-29(3)22(27(34)35)5-4-6-25(29)28(19,2)15-12-21(13-16-30)18-36-26(33)10-8-20-7-9-23(31)24(32)17-20/h5,7-10,17,19,21,25,30-32H,4,6,11-16,18H2,1-3H3,(H,34,35)/t19-,21+,25-,28+,29-/m1/s1. The lowest BCUT2D eigenvalue weighted by Crippen LogP contribution is -2.51. The summed E-state index contributed by atoms with van der Waals surface area (Å²) in [5.74, 6) is -1.10. The molecule has 0 aromatic heterocycles. The first-order valence-corrected chi connectivity index (χ1v) is 12.9. The van der Waals surface area contributed by atoms with E-state index in [4.69, 9.17) is 4.74 Å². The van der Waals surface area contributed by atoms with Crippen molar-refractivity contribution < 1.29 is 34.8 Å². The van der Waals surface area contributed by atoms with Gasteiger partial charge >= 0.3 is 11.9 Å². The van der Waals surface area contributed by atoms with Gasteiger partial charge in [-0.25, -0.2) is 9.59 Å². The molecule has 7 nitrogen and oxygen atoms in total. The van der Waals surface area contributed by atoms with E-state index in [0.717, 1.165) is 38.5 Å². The Morgan fingerprint density at radius 2 is 1.92 bits per heavy atom. The minimum Gasteiger partial charge on any atom is -0.504 e. The van der Waals surface area contributed by atoms with Crippen molar-refractivity contribution in [3.05, 3.63) is 41.5 Å². The summed E-state index contributed by atoms with van der Waals surface area (Å²) in [6, 6.07) is 4.27. The fraction of sp³-hybridized carbons (Fsp3) is 0.586. The van der Waals surface area contributed by atoms with Crippen molar-refractivity contribution in [2.75, 3.05) is 13.2 Å². The van der Waals surface area contributed by atoms with E-state index in [1.54, 1.807) is 6.07 Å². The number of allylic oxidation sites excluding steroid dienone is 1. The molecule has 4 N–H and O–H groups in total. The van der Waals surface area contributed by atoms with Gasteiger partial charge in [0.1, 0.15) is 0 Å². The topological polar surface area (TPSA) is 124 Å². The van der Waals surface area contributed by atoms with E-state index in [1.165, 1.54) is 24.3 Å². The van der Waals surface area contributed by atoms with Gasteiger partial charge in [-0.15, -0.1) is 0 Å². The van der Waals surface area contributed by atoms with E-state index in [2.05, 4.69) is 20.8 Å². The van der Waals surface area contributed by atoms with Gasteiger partial charge < -0.3 is 25.2 Å². The maximum Gasteiger partial charge on any atom is 0.331 e. The molecule has 3 rings (SSSR count). The molecule has 1 aromatic rings. The minimum atomic E-state index is -0.806. The first kappa shape index (κ1) is 27.8. The van der Waals surface area contributed by atoms with E-state index < -0.39 is 11.9 Å². The molecule has 0 bridgehead atoms. The average Bonchev–Trinajstić information content (AvgIpc) is 2.84. The van der Waals surface area contributed by atoms with Crippen LogP contribution in [0.3, 0.4) is 0 Å². The van der Waals surface area contributed by atoms with Crippen LogP contribution in [0.4, 0.5) is 0 Å². The van der Waals surface area contributed by atoms with E-state index >= 15 is 0 Å². The number of hydrogen-bond donors (Lipinski definition) is 4. The number of ether oxygens (including phenoxy) is 1. The second-order valence-corrected chi connectivity index (χ2v) is 11.0. The number of aliphatic carboxylic acids is 1. The lowest BCUT2D eigenvalue weighted by atomic mass is 9.46. The molecule has 2 aliphatic rings. The van der Waals surface area contributed by atoms with Gasteiger partial charge in [-0.05, 0) is 91.9 Å². The Kier molecular flexibility index (Phi) is 8.88. The number of carboxylic acid groups (broad SMARTS) is 1. The van der Waals surface area contributed by atoms with E-state index in [9.17, 15) is 30.0 Å². The van der Waals surface area contributed by atoms with E-state index in [0.29, 0.717) is 23.5 Å². The van der Waals surface area contributed by atoms with Crippen molar-refractivity contribution >= 4 is 18.0 Å². The van der Waals surface area contributed by atoms with Crippen LogP contribution in [-0.4, -0.2) is 45.6 Å². The van der Waals surface area contributed by atoms with Gasteiger partial charge in [-0.1, -0.05) is 32.9 Å². The Morgan fingerprint density at radius 1 is 1.17 bits per heavy atom. The van der Waals surface area contributed by atoms with Crippen molar-refractivity contribution in [1.82, 2.24) is 0 Å². The number of hydrogen-bond acceptors (Lipinski definition) is 6. The third-order valence-corrected chi connectivity index (χ3v) is 8.94. The van der Waals surface area contributed by atoms with Crippen LogP contribution in [-0.2, 0) is 14.3 Å². The van der Waals surface area contributed by atoms with Gasteiger partial charge in [-0.3, -0.25) is 0 Å². The molecular weight excluding hydrogens is 460 g/mol. The first-order valence-electron chi connectivity index (χ1n) is 12.9. The highest BCUT2D eigenvalue weighted by Crippen LogP contribution is 2.62. The average molecular weight is 501 g/mol. The first-order chi connectivity index (χ1) is 17.0. The Bertz CT molecular complexity index is 1010. The third-order valence-electron chi connectivity index (χ3n) is 8.94. The predicted molar refractivity (Wildman–Crippen MR) is 137 cm³/mol. The number of rotatable bonds is 10. The number of phenolic OH excluding ortho intramolecular Hbond substituents is 2. The second-order valence-electron chi connectivity index (χ2n) is 11.0. The van der Waals surface area contributed by atoms with Crippen molar-refractivity contribution in [1.29, 1.82) is 0 Å². The molecule has 0 radical (unpaired) electrons.